The first-order chi connectivity index (χ1) is 6.21. The van der Waals surface area contributed by atoms with Crippen LogP contribution in [0.3, 0.4) is 0 Å². The SMILES string of the molecule is [CH2-][Si](C)(C)O[Si](C)(C)C.[Pt+2].c1cc[cH-]c1. The van der Waals surface area contributed by atoms with Crippen LogP contribution in [0.4, 0.5) is 0 Å². The molecule has 1 nitrogen and oxygen atoms in total. The van der Waals surface area contributed by atoms with E-state index < -0.39 is 16.6 Å². The van der Waals surface area contributed by atoms with Crippen molar-refractivity contribution in [2.75, 3.05) is 0 Å². The predicted octanol–water partition coefficient (Wildman–Crippen LogP) is 3.82. The number of hydrogen-bond donors (Lipinski definition) is 0. The van der Waals surface area contributed by atoms with E-state index in [2.05, 4.69) is 39.3 Å². The second-order valence-electron chi connectivity index (χ2n) is 4.94. The smallest absolute Gasteiger partial charge is 0.483 e. The van der Waals surface area contributed by atoms with Gasteiger partial charge in [-0.3, -0.25) is 0 Å². The Morgan fingerprint density at radius 3 is 1.47 bits per heavy atom. The second-order valence-corrected chi connectivity index (χ2v) is 13.5. The van der Waals surface area contributed by atoms with Crippen molar-refractivity contribution in [3.8, 4) is 0 Å². The van der Waals surface area contributed by atoms with Crippen LogP contribution in [-0.2, 0) is 25.2 Å². The minimum Gasteiger partial charge on any atom is -0.483 e. The van der Waals surface area contributed by atoms with Gasteiger partial charge in [0.1, 0.15) is 0 Å². The predicted molar refractivity (Wildman–Crippen MR) is 69.3 cm³/mol. The molecule has 0 atom stereocenters. The van der Waals surface area contributed by atoms with E-state index >= 15 is 0 Å². The van der Waals surface area contributed by atoms with Crippen molar-refractivity contribution < 1.29 is 25.2 Å². The van der Waals surface area contributed by atoms with Gasteiger partial charge in [0.2, 0.25) is 0 Å². The van der Waals surface area contributed by atoms with Crippen LogP contribution in [0.2, 0.25) is 32.7 Å². The number of rotatable bonds is 2. The van der Waals surface area contributed by atoms with Crippen molar-refractivity contribution >= 4 is 16.6 Å². The van der Waals surface area contributed by atoms with Crippen LogP contribution in [0, 0.1) is 6.55 Å². The van der Waals surface area contributed by atoms with E-state index in [1.807, 2.05) is 30.3 Å². The maximum atomic E-state index is 5.79. The van der Waals surface area contributed by atoms with E-state index in [-0.39, 0.29) is 21.1 Å². The van der Waals surface area contributed by atoms with Crippen molar-refractivity contribution in [1.29, 1.82) is 0 Å². The van der Waals surface area contributed by atoms with Gasteiger partial charge >= 0.3 is 21.1 Å². The first-order valence-electron chi connectivity index (χ1n) is 4.93. The fraction of sp³-hybridized carbons (Fsp3) is 0.455. The molecule has 0 heterocycles. The molecule has 0 aliphatic heterocycles. The Balaban J connectivity index is 0. The van der Waals surface area contributed by atoms with E-state index in [1.165, 1.54) is 0 Å². The van der Waals surface area contributed by atoms with E-state index in [1.54, 1.807) is 0 Å². The Morgan fingerprint density at radius 2 is 1.40 bits per heavy atom. The summed E-state index contributed by atoms with van der Waals surface area (Å²) in [6, 6.07) is 10.0. The van der Waals surface area contributed by atoms with Crippen LogP contribution in [0.1, 0.15) is 0 Å². The summed E-state index contributed by atoms with van der Waals surface area (Å²) in [6.45, 7) is 14.9. The molecule has 0 aromatic heterocycles. The molecule has 15 heavy (non-hydrogen) atoms. The zero-order valence-electron chi connectivity index (χ0n) is 10.3. The Hall–Kier alpha value is 0.432. The molecule has 4 heteroatoms. The Morgan fingerprint density at radius 1 is 1.00 bits per heavy atom. The van der Waals surface area contributed by atoms with E-state index in [9.17, 15) is 0 Å². The Bertz CT molecular complexity index is 193. The third-order valence-electron chi connectivity index (χ3n) is 1.14. The first kappa shape index (κ1) is 17.8. The molecular weight excluding hydrogens is 399 g/mol. The summed E-state index contributed by atoms with van der Waals surface area (Å²) < 4.78 is 5.79. The average Bonchev–Trinajstić information content (AvgIpc) is 2.29. The minimum absolute atomic E-state index is 0. The fourth-order valence-electron chi connectivity index (χ4n) is 1.15. The van der Waals surface area contributed by atoms with Crippen molar-refractivity contribution in [3.63, 3.8) is 0 Å². The molecule has 0 radical (unpaired) electrons. The molecular formula is C11H22OPtSi2. The molecule has 0 fully saturated rings. The largest absolute Gasteiger partial charge is 2.00 e. The molecule has 1 aromatic carbocycles. The molecule has 0 aliphatic rings. The summed E-state index contributed by atoms with van der Waals surface area (Å²) in [5.74, 6) is 0. The minimum atomic E-state index is -1.48. The summed E-state index contributed by atoms with van der Waals surface area (Å²) in [5, 5.41) is 0. The molecule has 0 bridgehead atoms. The van der Waals surface area contributed by atoms with Crippen LogP contribution in [0.25, 0.3) is 0 Å². The average molecular weight is 422 g/mol. The van der Waals surface area contributed by atoms with E-state index in [0.29, 0.717) is 0 Å². The Kier molecular flexibility index (Phi) is 9.10. The monoisotopic (exact) mass is 421 g/mol. The van der Waals surface area contributed by atoms with Crippen LogP contribution in [0.5, 0.6) is 0 Å². The normalized spacial score (nSPS) is 11.1. The fourth-order valence-corrected chi connectivity index (χ4v) is 7.78. The van der Waals surface area contributed by atoms with E-state index in [4.69, 9.17) is 4.12 Å². The summed E-state index contributed by atoms with van der Waals surface area (Å²) in [6.07, 6.45) is 0. The van der Waals surface area contributed by atoms with Gasteiger partial charge < -0.3 is 10.7 Å². The number of hydrogen-bond acceptors (Lipinski definition) is 1. The summed E-state index contributed by atoms with van der Waals surface area (Å²) in [5.41, 5.74) is 0. The van der Waals surface area contributed by atoms with Crippen molar-refractivity contribution in [2.45, 2.75) is 32.7 Å². The van der Waals surface area contributed by atoms with Crippen LogP contribution >= 0.6 is 0 Å². The molecule has 1 aromatic rings. The molecule has 0 unspecified atom stereocenters. The topological polar surface area (TPSA) is 9.23 Å². The van der Waals surface area contributed by atoms with Crippen molar-refractivity contribution in [2.24, 2.45) is 0 Å². The van der Waals surface area contributed by atoms with Gasteiger partial charge in [-0.1, -0.05) is 13.1 Å². The molecule has 0 amide bonds. The van der Waals surface area contributed by atoms with Crippen LogP contribution in [0.15, 0.2) is 30.3 Å². The maximum Gasteiger partial charge on any atom is 2.00 e. The van der Waals surface area contributed by atoms with Gasteiger partial charge in [-0.05, 0) is 19.6 Å². The standard InChI is InChI=1S/C6H17OSi2.C5H5.Pt/c1-8(2,3)7-9(4,5)6;1-2-4-5-3-1;/h1H2,2-6H3;1-5H;/q2*-1;+2. The summed E-state index contributed by atoms with van der Waals surface area (Å²) in [7, 11) is -2.77. The molecule has 0 N–H and O–H groups in total. The van der Waals surface area contributed by atoms with Gasteiger partial charge in [0, 0.05) is 8.32 Å². The third-order valence-corrected chi connectivity index (χ3v) is 5.80. The van der Waals surface area contributed by atoms with Crippen LogP contribution in [-0.4, -0.2) is 16.6 Å². The Labute approximate surface area is 111 Å². The zero-order valence-corrected chi connectivity index (χ0v) is 14.6. The van der Waals surface area contributed by atoms with Crippen LogP contribution < -0.4 is 0 Å². The zero-order chi connectivity index (χ0) is 11.2. The van der Waals surface area contributed by atoms with Crippen molar-refractivity contribution in [1.82, 2.24) is 0 Å². The maximum absolute atomic E-state index is 5.79. The van der Waals surface area contributed by atoms with Gasteiger partial charge in [-0.15, -0.1) is 0 Å². The molecule has 0 saturated carbocycles. The quantitative estimate of drug-likeness (QED) is 0.521. The van der Waals surface area contributed by atoms with Crippen molar-refractivity contribution in [3.05, 3.63) is 36.9 Å². The molecule has 1 rings (SSSR count). The second kappa shape index (κ2) is 7.66. The van der Waals surface area contributed by atoms with Gasteiger partial charge in [0.25, 0.3) is 0 Å². The van der Waals surface area contributed by atoms with Gasteiger partial charge in [-0.25, -0.2) is 12.1 Å². The van der Waals surface area contributed by atoms with E-state index in [0.717, 1.165) is 0 Å². The molecule has 0 aliphatic carbocycles. The van der Waals surface area contributed by atoms with Gasteiger partial charge in [-0.2, -0.15) is 18.2 Å². The third kappa shape index (κ3) is 17.1. The molecule has 90 valence electrons. The van der Waals surface area contributed by atoms with Gasteiger partial charge in [0.15, 0.2) is 8.32 Å². The van der Waals surface area contributed by atoms with Gasteiger partial charge in [0.05, 0.1) is 0 Å². The molecule has 0 spiro atoms. The summed E-state index contributed by atoms with van der Waals surface area (Å²) >= 11 is 0. The molecule has 0 saturated heterocycles. The summed E-state index contributed by atoms with van der Waals surface area (Å²) in [4.78, 5) is 0. The first-order valence-corrected chi connectivity index (χ1v) is 11.5.